The number of hydrogen-bond donors (Lipinski definition) is 1. The Morgan fingerprint density at radius 1 is 1.36 bits per heavy atom. The van der Waals surface area contributed by atoms with Crippen LogP contribution in [0.3, 0.4) is 0 Å². The average Bonchev–Trinajstić information content (AvgIpc) is 2.97. The Kier molecular flexibility index (Phi) is 6.02. The Morgan fingerprint density at radius 2 is 2.14 bits per heavy atom. The number of rotatable bonds is 8. The lowest BCUT2D eigenvalue weighted by atomic mass is 10.2. The molecule has 0 radical (unpaired) electrons. The lowest BCUT2D eigenvalue weighted by Crippen LogP contribution is -2.26. The van der Waals surface area contributed by atoms with Gasteiger partial charge in [0.05, 0.1) is 6.61 Å². The minimum atomic E-state index is -0.313. The largest absolute Gasteiger partial charge is 0.383 e. The third-order valence-corrected chi connectivity index (χ3v) is 2.99. The Bertz CT molecular complexity index is 598. The number of amides is 1. The number of hydrogen-bond acceptors (Lipinski definition) is 5. The van der Waals surface area contributed by atoms with Crippen LogP contribution < -0.4 is 5.32 Å². The molecule has 0 bridgehead atoms. The van der Waals surface area contributed by atoms with Crippen LogP contribution in [0, 0.1) is 5.82 Å². The summed E-state index contributed by atoms with van der Waals surface area (Å²) in [6.07, 6.45) is 1.52. The highest BCUT2D eigenvalue weighted by Crippen LogP contribution is 2.16. The molecule has 0 saturated heterocycles. The fraction of sp³-hybridized carbons (Fsp3) is 0.400. The molecule has 1 amide bonds. The predicted octanol–water partition coefficient (Wildman–Crippen LogP) is 1.96. The van der Waals surface area contributed by atoms with Gasteiger partial charge in [-0.25, -0.2) is 4.39 Å². The molecule has 22 heavy (non-hydrogen) atoms. The molecular formula is C15H18FN3O3. The summed E-state index contributed by atoms with van der Waals surface area (Å²) in [7, 11) is 1.58. The van der Waals surface area contributed by atoms with Gasteiger partial charge in [-0.1, -0.05) is 5.16 Å². The number of ether oxygens (including phenoxy) is 1. The maximum Gasteiger partial charge on any atom is 0.226 e. The summed E-state index contributed by atoms with van der Waals surface area (Å²) in [5.41, 5.74) is 0.689. The summed E-state index contributed by atoms with van der Waals surface area (Å²) in [4.78, 5) is 15.7. The zero-order chi connectivity index (χ0) is 15.8. The van der Waals surface area contributed by atoms with E-state index in [-0.39, 0.29) is 11.7 Å². The van der Waals surface area contributed by atoms with Crippen molar-refractivity contribution in [2.24, 2.45) is 0 Å². The van der Waals surface area contributed by atoms with Crippen molar-refractivity contribution in [2.75, 3.05) is 20.3 Å². The van der Waals surface area contributed by atoms with Crippen molar-refractivity contribution < 1.29 is 18.4 Å². The van der Waals surface area contributed by atoms with E-state index in [9.17, 15) is 9.18 Å². The van der Waals surface area contributed by atoms with Gasteiger partial charge in [-0.3, -0.25) is 4.79 Å². The monoisotopic (exact) mass is 307 g/mol. The second-order valence-corrected chi connectivity index (χ2v) is 4.71. The van der Waals surface area contributed by atoms with Gasteiger partial charge in [-0.2, -0.15) is 4.98 Å². The first kappa shape index (κ1) is 16.1. The minimum absolute atomic E-state index is 0.0321. The van der Waals surface area contributed by atoms with Crippen molar-refractivity contribution in [2.45, 2.75) is 19.3 Å². The van der Waals surface area contributed by atoms with Crippen LogP contribution in [0.5, 0.6) is 0 Å². The SMILES string of the molecule is COCCNC(=O)CCCc1nc(-c2ccc(F)cc2)no1. The van der Waals surface area contributed by atoms with Gasteiger partial charge in [-0.15, -0.1) is 0 Å². The van der Waals surface area contributed by atoms with Crippen molar-refractivity contribution in [3.8, 4) is 11.4 Å². The molecule has 0 spiro atoms. The summed E-state index contributed by atoms with van der Waals surface area (Å²) in [5, 5.41) is 6.59. The van der Waals surface area contributed by atoms with Crippen LogP contribution in [-0.2, 0) is 16.0 Å². The molecule has 0 atom stereocenters. The molecule has 7 heteroatoms. The second kappa shape index (κ2) is 8.23. The van der Waals surface area contributed by atoms with E-state index >= 15 is 0 Å². The normalized spacial score (nSPS) is 10.6. The Balaban J connectivity index is 1.78. The highest BCUT2D eigenvalue weighted by molar-refractivity contribution is 5.75. The maximum atomic E-state index is 12.9. The standard InChI is InChI=1S/C15H18FN3O3/c1-21-10-9-17-13(20)3-2-4-14-18-15(19-22-14)11-5-7-12(16)8-6-11/h5-8H,2-4,9-10H2,1H3,(H,17,20). The fourth-order valence-electron chi connectivity index (χ4n) is 1.85. The minimum Gasteiger partial charge on any atom is -0.383 e. The van der Waals surface area contributed by atoms with Gasteiger partial charge in [0.15, 0.2) is 0 Å². The second-order valence-electron chi connectivity index (χ2n) is 4.71. The van der Waals surface area contributed by atoms with Crippen molar-refractivity contribution >= 4 is 5.91 Å². The van der Waals surface area contributed by atoms with E-state index in [0.29, 0.717) is 49.7 Å². The number of halogens is 1. The predicted molar refractivity (Wildman–Crippen MR) is 77.5 cm³/mol. The molecule has 1 heterocycles. The van der Waals surface area contributed by atoms with E-state index in [1.165, 1.54) is 12.1 Å². The molecule has 0 unspecified atom stereocenters. The lowest BCUT2D eigenvalue weighted by Gasteiger charge is -2.02. The number of aromatic nitrogens is 2. The molecule has 2 aromatic rings. The Hall–Kier alpha value is -2.28. The number of nitrogens with zero attached hydrogens (tertiary/aromatic N) is 2. The van der Waals surface area contributed by atoms with Crippen molar-refractivity contribution in [1.82, 2.24) is 15.5 Å². The average molecular weight is 307 g/mol. The van der Waals surface area contributed by atoms with Crippen LogP contribution >= 0.6 is 0 Å². The molecule has 2 rings (SSSR count). The van der Waals surface area contributed by atoms with E-state index < -0.39 is 0 Å². The third kappa shape index (κ3) is 4.92. The van der Waals surface area contributed by atoms with E-state index in [1.54, 1.807) is 19.2 Å². The summed E-state index contributed by atoms with van der Waals surface area (Å²) in [5.74, 6) is 0.533. The first-order valence-electron chi connectivity index (χ1n) is 7.03. The third-order valence-electron chi connectivity index (χ3n) is 2.99. The van der Waals surface area contributed by atoms with Crippen LogP contribution in [0.1, 0.15) is 18.7 Å². The Labute approximate surface area is 127 Å². The van der Waals surface area contributed by atoms with Gasteiger partial charge in [-0.05, 0) is 30.7 Å². The summed E-state index contributed by atoms with van der Waals surface area (Å²) < 4.78 is 22.8. The van der Waals surface area contributed by atoms with E-state index in [1.807, 2.05) is 0 Å². The van der Waals surface area contributed by atoms with Gasteiger partial charge in [0.1, 0.15) is 5.82 Å². The number of aryl methyl sites for hydroxylation is 1. The van der Waals surface area contributed by atoms with E-state index in [2.05, 4.69) is 15.5 Å². The number of methoxy groups -OCH3 is 1. The zero-order valence-corrected chi connectivity index (χ0v) is 12.3. The topological polar surface area (TPSA) is 77.2 Å². The summed E-state index contributed by atoms with van der Waals surface area (Å²) in [6.45, 7) is 1.00. The molecule has 0 aliphatic heterocycles. The highest BCUT2D eigenvalue weighted by Gasteiger charge is 2.09. The van der Waals surface area contributed by atoms with Gasteiger partial charge in [0, 0.05) is 32.1 Å². The molecule has 1 N–H and O–H groups in total. The van der Waals surface area contributed by atoms with Crippen LogP contribution in [0.15, 0.2) is 28.8 Å². The molecule has 0 saturated carbocycles. The number of carbonyl (C=O) groups excluding carboxylic acids is 1. The molecule has 118 valence electrons. The molecule has 0 fully saturated rings. The van der Waals surface area contributed by atoms with E-state index in [4.69, 9.17) is 9.26 Å². The van der Waals surface area contributed by atoms with Crippen molar-refractivity contribution in [1.29, 1.82) is 0 Å². The highest BCUT2D eigenvalue weighted by atomic mass is 19.1. The molecular weight excluding hydrogens is 289 g/mol. The van der Waals surface area contributed by atoms with Gasteiger partial charge in [0.2, 0.25) is 17.6 Å². The van der Waals surface area contributed by atoms with Crippen LogP contribution in [0.25, 0.3) is 11.4 Å². The fourth-order valence-corrected chi connectivity index (χ4v) is 1.85. The van der Waals surface area contributed by atoms with Crippen molar-refractivity contribution in [3.63, 3.8) is 0 Å². The van der Waals surface area contributed by atoms with Crippen LogP contribution in [0.4, 0.5) is 4.39 Å². The molecule has 6 nitrogen and oxygen atoms in total. The van der Waals surface area contributed by atoms with Crippen LogP contribution in [0.2, 0.25) is 0 Å². The quantitative estimate of drug-likeness (QED) is 0.754. The number of carbonyl (C=O) groups is 1. The lowest BCUT2D eigenvalue weighted by molar-refractivity contribution is -0.121. The van der Waals surface area contributed by atoms with E-state index in [0.717, 1.165) is 0 Å². The van der Waals surface area contributed by atoms with Crippen molar-refractivity contribution in [3.05, 3.63) is 36.0 Å². The Morgan fingerprint density at radius 3 is 2.86 bits per heavy atom. The molecule has 0 aliphatic rings. The smallest absolute Gasteiger partial charge is 0.226 e. The van der Waals surface area contributed by atoms with Gasteiger partial charge < -0.3 is 14.6 Å². The summed E-state index contributed by atoms with van der Waals surface area (Å²) >= 11 is 0. The molecule has 1 aromatic heterocycles. The van der Waals surface area contributed by atoms with Crippen LogP contribution in [-0.4, -0.2) is 36.3 Å². The number of nitrogens with one attached hydrogen (secondary N) is 1. The maximum absolute atomic E-state index is 12.9. The molecule has 1 aromatic carbocycles. The van der Waals surface area contributed by atoms with Gasteiger partial charge in [0.25, 0.3) is 0 Å². The molecule has 0 aliphatic carbocycles. The first-order chi connectivity index (χ1) is 10.7. The summed E-state index contributed by atoms with van der Waals surface area (Å²) in [6, 6.07) is 5.87. The first-order valence-corrected chi connectivity index (χ1v) is 7.03. The van der Waals surface area contributed by atoms with Gasteiger partial charge >= 0.3 is 0 Å². The number of benzene rings is 1. The zero-order valence-electron chi connectivity index (χ0n) is 12.3.